The highest BCUT2D eigenvalue weighted by atomic mass is 16.5. The van der Waals surface area contributed by atoms with Gasteiger partial charge in [-0.2, -0.15) is 0 Å². The normalized spacial score (nSPS) is 26.6. The molecule has 1 fully saturated rings. The molecule has 0 aromatic carbocycles. The second kappa shape index (κ2) is 4.74. The lowest BCUT2D eigenvalue weighted by atomic mass is 9.88. The van der Waals surface area contributed by atoms with Gasteiger partial charge < -0.3 is 4.74 Å². The van der Waals surface area contributed by atoms with Crippen LogP contribution in [0.3, 0.4) is 0 Å². The van der Waals surface area contributed by atoms with Gasteiger partial charge in [0.1, 0.15) is 5.78 Å². The molecule has 1 saturated heterocycles. The molecule has 3 unspecified atom stereocenters. The van der Waals surface area contributed by atoms with E-state index >= 15 is 0 Å². The van der Waals surface area contributed by atoms with Gasteiger partial charge in [0.2, 0.25) is 0 Å². The molecule has 16 heavy (non-hydrogen) atoms. The fraction of sp³-hybridized carbons (Fsp3) is 0.538. The number of aromatic nitrogens is 1. The lowest BCUT2D eigenvalue weighted by Crippen LogP contribution is -2.20. The Morgan fingerprint density at radius 3 is 2.75 bits per heavy atom. The lowest BCUT2D eigenvalue weighted by molar-refractivity contribution is -0.123. The zero-order valence-electron chi connectivity index (χ0n) is 9.72. The maximum atomic E-state index is 12.2. The average molecular weight is 219 g/mol. The summed E-state index contributed by atoms with van der Waals surface area (Å²) < 4.78 is 5.44. The Morgan fingerprint density at radius 1 is 1.50 bits per heavy atom. The van der Waals surface area contributed by atoms with Crippen LogP contribution in [0.2, 0.25) is 0 Å². The minimum Gasteiger partial charge on any atom is -0.378 e. The van der Waals surface area contributed by atoms with Gasteiger partial charge >= 0.3 is 0 Å². The summed E-state index contributed by atoms with van der Waals surface area (Å²) in [4.78, 5) is 16.2. The van der Waals surface area contributed by atoms with Gasteiger partial charge in [-0.3, -0.25) is 9.78 Å². The largest absolute Gasteiger partial charge is 0.378 e. The highest BCUT2D eigenvalue weighted by molar-refractivity contribution is 5.87. The Morgan fingerprint density at radius 2 is 2.19 bits per heavy atom. The van der Waals surface area contributed by atoms with Crippen LogP contribution in [0.25, 0.3) is 0 Å². The Balaban J connectivity index is 2.05. The number of hydrogen-bond acceptors (Lipinski definition) is 3. The van der Waals surface area contributed by atoms with Crippen LogP contribution in [0, 0.1) is 5.92 Å². The highest BCUT2D eigenvalue weighted by Crippen LogP contribution is 2.27. The number of hydrogen-bond donors (Lipinski definition) is 0. The van der Waals surface area contributed by atoms with E-state index in [1.54, 1.807) is 12.4 Å². The molecule has 0 amide bonds. The minimum atomic E-state index is -0.0538. The number of ketones is 1. The van der Waals surface area contributed by atoms with E-state index in [-0.39, 0.29) is 23.7 Å². The standard InChI is InChI=1S/C13H17NO2/c1-9-7-12(8-16-9)13(15)10(2)11-3-5-14-6-4-11/h3-6,9-10,12H,7-8H2,1-2H3. The molecule has 1 aliphatic rings. The lowest BCUT2D eigenvalue weighted by Gasteiger charge is -2.14. The summed E-state index contributed by atoms with van der Waals surface area (Å²) in [5.74, 6) is 0.301. The maximum absolute atomic E-state index is 12.2. The zero-order chi connectivity index (χ0) is 11.5. The van der Waals surface area contributed by atoms with Crippen molar-refractivity contribution >= 4 is 5.78 Å². The average Bonchev–Trinajstić information content (AvgIpc) is 2.75. The van der Waals surface area contributed by atoms with E-state index in [1.165, 1.54) is 0 Å². The van der Waals surface area contributed by atoms with E-state index in [0.717, 1.165) is 12.0 Å². The van der Waals surface area contributed by atoms with E-state index in [1.807, 2.05) is 26.0 Å². The second-order valence-electron chi connectivity index (χ2n) is 4.48. The van der Waals surface area contributed by atoms with Crippen LogP contribution in [-0.2, 0) is 9.53 Å². The molecule has 0 saturated carbocycles. The molecule has 86 valence electrons. The fourth-order valence-corrected chi connectivity index (χ4v) is 2.19. The van der Waals surface area contributed by atoms with Gasteiger partial charge in [-0.15, -0.1) is 0 Å². The predicted octanol–water partition coefficient (Wildman–Crippen LogP) is 2.18. The number of ether oxygens (including phenoxy) is 1. The molecule has 1 aromatic rings. The monoisotopic (exact) mass is 219 g/mol. The molecule has 0 radical (unpaired) electrons. The van der Waals surface area contributed by atoms with Crippen molar-refractivity contribution < 1.29 is 9.53 Å². The van der Waals surface area contributed by atoms with Gasteiger partial charge in [0.15, 0.2) is 0 Å². The Hall–Kier alpha value is -1.22. The molecule has 3 heteroatoms. The summed E-state index contributed by atoms with van der Waals surface area (Å²) in [6.07, 6.45) is 4.53. The second-order valence-corrected chi connectivity index (χ2v) is 4.48. The van der Waals surface area contributed by atoms with Crippen molar-refractivity contribution in [2.45, 2.75) is 32.3 Å². The fourth-order valence-electron chi connectivity index (χ4n) is 2.19. The summed E-state index contributed by atoms with van der Waals surface area (Å²) in [6.45, 7) is 4.56. The van der Waals surface area contributed by atoms with E-state index in [2.05, 4.69) is 4.98 Å². The van der Waals surface area contributed by atoms with Crippen LogP contribution < -0.4 is 0 Å². The predicted molar refractivity (Wildman–Crippen MR) is 61.2 cm³/mol. The molecule has 1 aromatic heterocycles. The van der Waals surface area contributed by atoms with Gasteiger partial charge in [-0.25, -0.2) is 0 Å². The molecule has 1 aliphatic heterocycles. The van der Waals surface area contributed by atoms with E-state index in [0.29, 0.717) is 6.61 Å². The van der Waals surface area contributed by atoms with E-state index in [9.17, 15) is 4.79 Å². The third kappa shape index (κ3) is 2.30. The third-order valence-corrected chi connectivity index (χ3v) is 3.23. The summed E-state index contributed by atoms with van der Waals surface area (Å²) in [5, 5.41) is 0. The van der Waals surface area contributed by atoms with Gasteiger partial charge in [0.05, 0.1) is 12.7 Å². The summed E-state index contributed by atoms with van der Waals surface area (Å²) in [7, 11) is 0. The Kier molecular flexibility index (Phi) is 3.34. The van der Waals surface area contributed by atoms with Crippen LogP contribution in [-0.4, -0.2) is 23.5 Å². The first-order valence-corrected chi connectivity index (χ1v) is 5.73. The smallest absolute Gasteiger partial charge is 0.145 e. The van der Waals surface area contributed by atoms with Crippen LogP contribution in [0.5, 0.6) is 0 Å². The van der Waals surface area contributed by atoms with Crippen LogP contribution in [0.15, 0.2) is 24.5 Å². The number of nitrogens with zero attached hydrogens (tertiary/aromatic N) is 1. The number of carbonyl (C=O) groups is 1. The van der Waals surface area contributed by atoms with Crippen LogP contribution in [0.1, 0.15) is 31.7 Å². The molecule has 0 N–H and O–H groups in total. The van der Waals surface area contributed by atoms with Crippen molar-refractivity contribution in [1.29, 1.82) is 0 Å². The van der Waals surface area contributed by atoms with Gasteiger partial charge in [-0.1, -0.05) is 6.92 Å². The first-order chi connectivity index (χ1) is 7.68. The SMILES string of the molecule is CC1CC(C(=O)C(C)c2ccncc2)CO1. The molecule has 0 bridgehead atoms. The maximum Gasteiger partial charge on any atom is 0.145 e. The number of rotatable bonds is 3. The highest BCUT2D eigenvalue weighted by Gasteiger charge is 2.31. The summed E-state index contributed by atoms with van der Waals surface area (Å²) in [5.41, 5.74) is 1.04. The summed E-state index contributed by atoms with van der Waals surface area (Å²) >= 11 is 0. The molecular formula is C13H17NO2. The zero-order valence-corrected chi connectivity index (χ0v) is 9.72. The third-order valence-electron chi connectivity index (χ3n) is 3.23. The van der Waals surface area contributed by atoms with Crippen LogP contribution >= 0.6 is 0 Å². The molecule has 0 spiro atoms. The Bertz CT molecular complexity index is 363. The van der Waals surface area contributed by atoms with Crippen molar-refractivity contribution in [1.82, 2.24) is 4.98 Å². The molecule has 2 heterocycles. The summed E-state index contributed by atoms with van der Waals surface area (Å²) in [6, 6.07) is 3.81. The first kappa shape index (κ1) is 11.3. The number of carbonyl (C=O) groups excluding carboxylic acids is 1. The minimum absolute atomic E-state index is 0.0538. The first-order valence-electron chi connectivity index (χ1n) is 5.73. The topological polar surface area (TPSA) is 39.2 Å². The molecule has 3 nitrogen and oxygen atoms in total. The van der Waals surface area contributed by atoms with Gasteiger partial charge in [0, 0.05) is 24.2 Å². The molecule has 0 aliphatic carbocycles. The van der Waals surface area contributed by atoms with Crippen molar-refractivity contribution in [3.8, 4) is 0 Å². The molecule has 3 atom stereocenters. The van der Waals surface area contributed by atoms with Gasteiger partial charge in [-0.05, 0) is 31.0 Å². The van der Waals surface area contributed by atoms with E-state index < -0.39 is 0 Å². The van der Waals surface area contributed by atoms with Crippen molar-refractivity contribution in [3.05, 3.63) is 30.1 Å². The quantitative estimate of drug-likeness (QED) is 0.782. The number of Topliss-reactive ketones (excluding diaryl/α,β-unsaturated/α-hetero) is 1. The van der Waals surface area contributed by atoms with E-state index in [4.69, 9.17) is 4.74 Å². The van der Waals surface area contributed by atoms with Gasteiger partial charge in [0.25, 0.3) is 0 Å². The molecular weight excluding hydrogens is 202 g/mol. The Labute approximate surface area is 95.8 Å². The number of pyridine rings is 1. The van der Waals surface area contributed by atoms with Crippen molar-refractivity contribution in [2.75, 3.05) is 6.61 Å². The van der Waals surface area contributed by atoms with Crippen LogP contribution in [0.4, 0.5) is 0 Å². The molecule has 2 rings (SSSR count). The van der Waals surface area contributed by atoms with Crippen molar-refractivity contribution in [2.24, 2.45) is 5.92 Å². The van der Waals surface area contributed by atoms with Crippen molar-refractivity contribution in [3.63, 3.8) is 0 Å².